The lowest BCUT2D eigenvalue weighted by atomic mass is 9.83. The van der Waals surface area contributed by atoms with E-state index in [9.17, 15) is 10.1 Å². The summed E-state index contributed by atoms with van der Waals surface area (Å²) in [5.74, 6) is 0.841. The molecule has 0 radical (unpaired) electrons. The number of rotatable bonds is 6. The van der Waals surface area contributed by atoms with Gasteiger partial charge in [-0.05, 0) is 29.8 Å². The van der Waals surface area contributed by atoms with Crippen LogP contribution in [0.5, 0.6) is 23.0 Å². The highest BCUT2D eigenvalue weighted by atomic mass is 35.5. The van der Waals surface area contributed by atoms with Crippen LogP contribution in [0.1, 0.15) is 22.6 Å². The molecule has 1 aliphatic rings. The lowest BCUT2D eigenvalue weighted by molar-refractivity contribution is -0.133. The van der Waals surface area contributed by atoms with Crippen molar-refractivity contribution in [1.29, 1.82) is 5.26 Å². The van der Waals surface area contributed by atoms with Crippen LogP contribution in [0.3, 0.4) is 0 Å². The van der Waals surface area contributed by atoms with Gasteiger partial charge in [-0.2, -0.15) is 5.26 Å². The summed E-state index contributed by atoms with van der Waals surface area (Å²) in [6.07, 6.45) is 0.0847. The molecule has 172 valence electrons. The van der Waals surface area contributed by atoms with Gasteiger partial charge in [-0.1, -0.05) is 35.9 Å². The van der Waals surface area contributed by atoms with Crippen molar-refractivity contribution >= 4 is 17.6 Å². The van der Waals surface area contributed by atoms with Gasteiger partial charge in [-0.15, -0.1) is 0 Å². The number of nitrogens with zero attached hydrogens (tertiary/aromatic N) is 1. The SMILES string of the molecule is COc1ccc(C2C(C#N)=C(N)Oc3cc(OC(=O)Cc4ccc(Cl)cc4)ccc32)c(OC)c1. The average molecular weight is 477 g/mol. The minimum Gasteiger partial charge on any atom is -0.497 e. The van der Waals surface area contributed by atoms with E-state index in [-0.39, 0.29) is 17.9 Å². The topological polar surface area (TPSA) is 104 Å². The Labute approximate surface area is 201 Å². The van der Waals surface area contributed by atoms with Crippen LogP contribution < -0.4 is 24.7 Å². The van der Waals surface area contributed by atoms with E-state index in [4.69, 9.17) is 36.3 Å². The van der Waals surface area contributed by atoms with Crippen LogP contribution in [0.25, 0.3) is 0 Å². The molecule has 1 aliphatic heterocycles. The van der Waals surface area contributed by atoms with Gasteiger partial charge in [0.05, 0.1) is 26.6 Å². The Morgan fingerprint density at radius 3 is 2.41 bits per heavy atom. The van der Waals surface area contributed by atoms with Gasteiger partial charge in [-0.3, -0.25) is 4.79 Å². The Morgan fingerprint density at radius 1 is 1.03 bits per heavy atom. The quantitative estimate of drug-likeness (QED) is 0.405. The molecule has 0 amide bonds. The summed E-state index contributed by atoms with van der Waals surface area (Å²) in [5.41, 5.74) is 8.54. The van der Waals surface area contributed by atoms with Crippen LogP contribution in [0.2, 0.25) is 5.02 Å². The largest absolute Gasteiger partial charge is 0.497 e. The van der Waals surface area contributed by atoms with Gasteiger partial charge in [0, 0.05) is 28.3 Å². The first-order valence-corrected chi connectivity index (χ1v) is 10.7. The van der Waals surface area contributed by atoms with Crippen LogP contribution in [0.4, 0.5) is 0 Å². The summed E-state index contributed by atoms with van der Waals surface area (Å²) in [6, 6.07) is 19.4. The third-order valence-electron chi connectivity index (χ3n) is 5.44. The van der Waals surface area contributed by atoms with Crippen LogP contribution >= 0.6 is 11.6 Å². The Bertz CT molecular complexity index is 1310. The number of carbonyl (C=O) groups excluding carboxylic acids is 1. The molecule has 1 atom stereocenters. The summed E-state index contributed by atoms with van der Waals surface area (Å²) in [5, 5.41) is 10.4. The predicted molar refractivity (Wildman–Crippen MR) is 126 cm³/mol. The Hall–Kier alpha value is -4.15. The van der Waals surface area contributed by atoms with Crippen molar-refractivity contribution in [3.63, 3.8) is 0 Å². The summed E-state index contributed by atoms with van der Waals surface area (Å²) in [6.45, 7) is 0. The lowest BCUT2D eigenvalue weighted by Crippen LogP contribution is -2.21. The van der Waals surface area contributed by atoms with Gasteiger partial charge in [0.25, 0.3) is 0 Å². The highest BCUT2D eigenvalue weighted by Gasteiger charge is 2.33. The molecule has 0 fully saturated rings. The van der Waals surface area contributed by atoms with E-state index in [0.29, 0.717) is 33.6 Å². The molecule has 34 heavy (non-hydrogen) atoms. The summed E-state index contributed by atoms with van der Waals surface area (Å²) >= 11 is 5.89. The second-order valence-corrected chi connectivity index (χ2v) is 7.95. The van der Waals surface area contributed by atoms with Gasteiger partial charge in [-0.25, -0.2) is 0 Å². The molecule has 4 rings (SSSR count). The molecular formula is C26H21ClN2O5. The van der Waals surface area contributed by atoms with Crippen molar-refractivity contribution in [1.82, 2.24) is 0 Å². The third kappa shape index (κ3) is 4.63. The molecule has 0 spiro atoms. The first-order chi connectivity index (χ1) is 16.4. The van der Waals surface area contributed by atoms with Crippen molar-refractivity contribution in [3.8, 4) is 29.1 Å². The number of hydrogen-bond acceptors (Lipinski definition) is 7. The number of hydrogen-bond donors (Lipinski definition) is 1. The fraction of sp³-hybridized carbons (Fsp3) is 0.154. The molecule has 2 N–H and O–H groups in total. The minimum atomic E-state index is -0.534. The Morgan fingerprint density at radius 2 is 1.74 bits per heavy atom. The Balaban J connectivity index is 1.65. The maximum atomic E-state index is 12.4. The number of allylic oxidation sites excluding steroid dienone is 1. The van der Waals surface area contributed by atoms with Gasteiger partial charge < -0.3 is 24.7 Å². The highest BCUT2D eigenvalue weighted by Crippen LogP contribution is 2.46. The first kappa shape index (κ1) is 23.0. The smallest absolute Gasteiger partial charge is 0.315 e. The summed E-state index contributed by atoms with van der Waals surface area (Å²) in [7, 11) is 3.10. The predicted octanol–water partition coefficient (Wildman–Crippen LogP) is 4.72. The van der Waals surface area contributed by atoms with Crippen LogP contribution in [-0.4, -0.2) is 20.2 Å². The summed E-state index contributed by atoms with van der Waals surface area (Å²) < 4.78 is 22.1. The van der Waals surface area contributed by atoms with E-state index >= 15 is 0 Å². The van der Waals surface area contributed by atoms with Gasteiger partial charge in [0.15, 0.2) is 0 Å². The van der Waals surface area contributed by atoms with E-state index < -0.39 is 11.9 Å². The zero-order chi connectivity index (χ0) is 24.2. The van der Waals surface area contributed by atoms with Gasteiger partial charge >= 0.3 is 5.97 Å². The molecule has 0 aromatic heterocycles. The number of benzene rings is 3. The average Bonchev–Trinajstić information content (AvgIpc) is 2.84. The van der Waals surface area contributed by atoms with Crippen LogP contribution in [0.15, 0.2) is 72.1 Å². The van der Waals surface area contributed by atoms with E-state index in [1.54, 1.807) is 68.8 Å². The molecule has 0 saturated heterocycles. The van der Waals surface area contributed by atoms with Gasteiger partial charge in [0.1, 0.15) is 34.6 Å². The van der Waals surface area contributed by atoms with Crippen LogP contribution in [0, 0.1) is 11.3 Å². The molecule has 0 saturated carbocycles. The molecule has 0 bridgehead atoms. The van der Waals surface area contributed by atoms with Crippen molar-refractivity contribution in [2.75, 3.05) is 14.2 Å². The fourth-order valence-electron chi connectivity index (χ4n) is 3.81. The third-order valence-corrected chi connectivity index (χ3v) is 5.69. The molecule has 3 aromatic carbocycles. The number of ether oxygens (including phenoxy) is 4. The molecule has 1 heterocycles. The summed E-state index contributed by atoms with van der Waals surface area (Å²) in [4.78, 5) is 12.4. The Kier molecular flexibility index (Phi) is 6.62. The molecule has 7 nitrogen and oxygen atoms in total. The molecule has 0 aliphatic carbocycles. The zero-order valence-corrected chi connectivity index (χ0v) is 19.3. The van der Waals surface area contributed by atoms with E-state index in [1.807, 2.05) is 6.07 Å². The van der Waals surface area contributed by atoms with Crippen molar-refractivity contribution in [2.24, 2.45) is 5.73 Å². The highest BCUT2D eigenvalue weighted by molar-refractivity contribution is 6.30. The first-order valence-electron chi connectivity index (χ1n) is 10.3. The molecule has 1 unspecified atom stereocenters. The fourth-order valence-corrected chi connectivity index (χ4v) is 3.94. The monoisotopic (exact) mass is 476 g/mol. The van der Waals surface area contributed by atoms with E-state index in [1.165, 1.54) is 0 Å². The molecule has 3 aromatic rings. The standard InChI is InChI=1S/C26H21ClN2O5/c1-31-17-7-9-19(22(12-17)32-2)25-20-10-8-18(13-23(20)34-26(29)21(25)14-28)33-24(30)11-15-3-5-16(27)6-4-15/h3-10,12-13,25H,11,29H2,1-2H3. The number of methoxy groups -OCH3 is 2. The molecular weight excluding hydrogens is 456 g/mol. The van der Waals surface area contributed by atoms with Crippen molar-refractivity contribution < 1.29 is 23.7 Å². The normalized spacial score (nSPS) is 14.5. The number of nitriles is 1. The van der Waals surface area contributed by atoms with Crippen molar-refractivity contribution in [2.45, 2.75) is 12.3 Å². The maximum Gasteiger partial charge on any atom is 0.315 e. The second kappa shape index (κ2) is 9.77. The number of nitrogens with two attached hydrogens (primary N) is 1. The molecule has 8 heteroatoms. The van der Waals surface area contributed by atoms with Crippen LogP contribution in [-0.2, 0) is 11.2 Å². The van der Waals surface area contributed by atoms with Gasteiger partial charge in [0.2, 0.25) is 5.88 Å². The van der Waals surface area contributed by atoms with E-state index in [2.05, 4.69) is 6.07 Å². The number of carbonyl (C=O) groups is 1. The second-order valence-electron chi connectivity index (χ2n) is 7.51. The number of halogens is 1. The van der Waals surface area contributed by atoms with E-state index in [0.717, 1.165) is 11.1 Å². The number of esters is 1. The van der Waals surface area contributed by atoms with Crippen molar-refractivity contribution in [3.05, 3.63) is 93.8 Å². The lowest BCUT2D eigenvalue weighted by Gasteiger charge is -2.27. The minimum absolute atomic E-state index is 0.0255. The zero-order valence-electron chi connectivity index (χ0n) is 18.5. The maximum absolute atomic E-state index is 12.4. The number of fused-ring (bicyclic) bond motifs is 1.